The zero-order valence-corrected chi connectivity index (χ0v) is 11.2. The van der Waals surface area contributed by atoms with E-state index in [1.165, 1.54) is 0 Å². The number of nitrogens with one attached hydrogen (secondary N) is 1. The van der Waals surface area contributed by atoms with Crippen molar-refractivity contribution in [2.45, 2.75) is 32.8 Å². The standard InChI is InChI=1S/C14H21NO3/c1-4-6-13(14(16)17-5-2)18-12-9-7-11(15-3)8-10-12/h7-10,13,15H,4-6H2,1-3H3. The van der Waals surface area contributed by atoms with E-state index in [0.29, 0.717) is 18.8 Å². The van der Waals surface area contributed by atoms with E-state index in [2.05, 4.69) is 5.32 Å². The second-order valence-electron chi connectivity index (χ2n) is 3.92. The highest BCUT2D eigenvalue weighted by Crippen LogP contribution is 2.18. The number of carbonyl (C=O) groups is 1. The van der Waals surface area contributed by atoms with Gasteiger partial charge in [0.05, 0.1) is 6.61 Å². The van der Waals surface area contributed by atoms with Crippen molar-refractivity contribution in [3.8, 4) is 5.75 Å². The number of ether oxygens (including phenoxy) is 2. The van der Waals surface area contributed by atoms with Crippen molar-refractivity contribution in [2.24, 2.45) is 0 Å². The fourth-order valence-corrected chi connectivity index (χ4v) is 1.59. The van der Waals surface area contributed by atoms with Crippen molar-refractivity contribution in [2.75, 3.05) is 19.0 Å². The van der Waals surface area contributed by atoms with Gasteiger partial charge in [0.1, 0.15) is 5.75 Å². The maximum absolute atomic E-state index is 11.7. The third kappa shape index (κ3) is 4.28. The van der Waals surface area contributed by atoms with Gasteiger partial charge in [-0.3, -0.25) is 0 Å². The SMILES string of the molecule is CCCC(Oc1ccc(NC)cc1)C(=O)OCC. The Morgan fingerprint density at radius 3 is 2.44 bits per heavy atom. The maximum atomic E-state index is 11.7. The van der Waals surface area contributed by atoms with Crippen LogP contribution in [0.1, 0.15) is 26.7 Å². The maximum Gasteiger partial charge on any atom is 0.347 e. The minimum atomic E-state index is -0.518. The lowest BCUT2D eigenvalue weighted by Gasteiger charge is -2.17. The van der Waals surface area contributed by atoms with Gasteiger partial charge in [0.25, 0.3) is 0 Å². The zero-order valence-electron chi connectivity index (χ0n) is 11.2. The van der Waals surface area contributed by atoms with Crippen molar-refractivity contribution >= 4 is 11.7 Å². The van der Waals surface area contributed by atoms with Crippen LogP contribution in [0.2, 0.25) is 0 Å². The summed E-state index contributed by atoms with van der Waals surface area (Å²) in [6, 6.07) is 7.49. The van der Waals surface area contributed by atoms with Crippen LogP contribution < -0.4 is 10.1 Å². The van der Waals surface area contributed by atoms with Gasteiger partial charge in [-0.1, -0.05) is 13.3 Å². The van der Waals surface area contributed by atoms with Gasteiger partial charge < -0.3 is 14.8 Å². The lowest BCUT2D eigenvalue weighted by molar-refractivity contribution is -0.151. The van der Waals surface area contributed by atoms with Crippen molar-refractivity contribution < 1.29 is 14.3 Å². The molecule has 0 saturated heterocycles. The molecule has 0 fully saturated rings. The molecule has 18 heavy (non-hydrogen) atoms. The van der Waals surface area contributed by atoms with Gasteiger partial charge in [-0.25, -0.2) is 4.79 Å². The molecule has 0 spiro atoms. The molecule has 1 atom stereocenters. The summed E-state index contributed by atoms with van der Waals surface area (Å²) >= 11 is 0. The number of esters is 1. The molecule has 0 aromatic heterocycles. The topological polar surface area (TPSA) is 47.6 Å². The molecule has 0 bridgehead atoms. The van der Waals surface area contributed by atoms with E-state index >= 15 is 0 Å². The average molecular weight is 251 g/mol. The van der Waals surface area contributed by atoms with Crippen LogP contribution in [0.4, 0.5) is 5.69 Å². The van der Waals surface area contributed by atoms with E-state index in [4.69, 9.17) is 9.47 Å². The van der Waals surface area contributed by atoms with E-state index < -0.39 is 6.10 Å². The molecule has 0 aliphatic rings. The highest BCUT2D eigenvalue weighted by atomic mass is 16.6. The molecule has 100 valence electrons. The molecule has 0 aliphatic heterocycles. The molecule has 4 nitrogen and oxygen atoms in total. The molecule has 1 rings (SSSR count). The Morgan fingerprint density at radius 2 is 1.94 bits per heavy atom. The predicted octanol–water partition coefficient (Wildman–Crippen LogP) is 2.84. The quantitative estimate of drug-likeness (QED) is 0.757. The van der Waals surface area contributed by atoms with Crippen LogP contribution in [0, 0.1) is 0 Å². The van der Waals surface area contributed by atoms with E-state index in [1.807, 2.05) is 38.2 Å². The second-order valence-corrected chi connectivity index (χ2v) is 3.92. The van der Waals surface area contributed by atoms with Crippen LogP contribution in [-0.2, 0) is 9.53 Å². The van der Waals surface area contributed by atoms with Crippen molar-refractivity contribution in [1.29, 1.82) is 0 Å². The van der Waals surface area contributed by atoms with Crippen molar-refractivity contribution in [3.05, 3.63) is 24.3 Å². The zero-order chi connectivity index (χ0) is 13.4. The van der Waals surface area contributed by atoms with E-state index in [9.17, 15) is 4.79 Å². The van der Waals surface area contributed by atoms with Gasteiger partial charge >= 0.3 is 5.97 Å². The molecule has 1 unspecified atom stereocenters. The van der Waals surface area contributed by atoms with Crippen molar-refractivity contribution in [1.82, 2.24) is 0 Å². The Balaban J connectivity index is 2.66. The molecule has 4 heteroatoms. The monoisotopic (exact) mass is 251 g/mol. The molecule has 1 aromatic rings. The second kappa shape index (κ2) is 7.58. The molecule has 0 heterocycles. The van der Waals surface area contributed by atoms with Crippen LogP contribution >= 0.6 is 0 Å². The molecule has 0 radical (unpaired) electrons. The van der Waals surface area contributed by atoms with Gasteiger partial charge in [-0.05, 0) is 37.6 Å². The fraction of sp³-hybridized carbons (Fsp3) is 0.500. The molecule has 1 aromatic carbocycles. The molecule has 0 saturated carbocycles. The van der Waals surface area contributed by atoms with Crippen molar-refractivity contribution in [3.63, 3.8) is 0 Å². The Bertz CT molecular complexity index is 362. The molecule has 0 aliphatic carbocycles. The van der Waals surface area contributed by atoms with Crippen LogP contribution in [0.15, 0.2) is 24.3 Å². The summed E-state index contributed by atoms with van der Waals surface area (Å²) < 4.78 is 10.7. The minimum Gasteiger partial charge on any atom is -0.479 e. The summed E-state index contributed by atoms with van der Waals surface area (Å²) in [5.41, 5.74) is 1.01. The average Bonchev–Trinajstić information content (AvgIpc) is 2.39. The largest absolute Gasteiger partial charge is 0.479 e. The summed E-state index contributed by atoms with van der Waals surface area (Å²) in [7, 11) is 1.86. The third-order valence-electron chi connectivity index (χ3n) is 2.52. The van der Waals surface area contributed by atoms with Gasteiger partial charge in [0, 0.05) is 12.7 Å². The number of benzene rings is 1. The minimum absolute atomic E-state index is 0.294. The highest BCUT2D eigenvalue weighted by Gasteiger charge is 2.20. The Kier molecular flexibility index (Phi) is 6.05. The normalized spacial score (nSPS) is 11.7. The smallest absolute Gasteiger partial charge is 0.347 e. The number of hydrogen-bond donors (Lipinski definition) is 1. The van der Waals surface area contributed by atoms with Gasteiger partial charge in [0.15, 0.2) is 6.10 Å². The molecular weight excluding hydrogens is 230 g/mol. The first kappa shape index (κ1) is 14.4. The van der Waals surface area contributed by atoms with Gasteiger partial charge in [-0.15, -0.1) is 0 Å². The third-order valence-corrected chi connectivity index (χ3v) is 2.52. The van der Waals surface area contributed by atoms with Crippen LogP contribution in [-0.4, -0.2) is 25.7 Å². The first-order chi connectivity index (χ1) is 8.71. The van der Waals surface area contributed by atoms with Crippen LogP contribution in [0.25, 0.3) is 0 Å². The first-order valence-corrected chi connectivity index (χ1v) is 6.32. The number of anilines is 1. The molecule has 0 amide bonds. The van der Waals surface area contributed by atoms with E-state index in [1.54, 1.807) is 6.92 Å². The van der Waals surface area contributed by atoms with E-state index in [0.717, 1.165) is 12.1 Å². The van der Waals surface area contributed by atoms with Gasteiger partial charge in [-0.2, -0.15) is 0 Å². The summed E-state index contributed by atoms with van der Waals surface area (Å²) in [6.45, 7) is 4.18. The van der Waals surface area contributed by atoms with E-state index in [-0.39, 0.29) is 5.97 Å². The number of carbonyl (C=O) groups excluding carboxylic acids is 1. The van der Waals surface area contributed by atoms with Crippen LogP contribution in [0.3, 0.4) is 0 Å². The lowest BCUT2D eigenvalue weighted by Crippen LogP contribution is -2.29. The summed E-state index contributed by atoms with van der Waals surface area (Å²) in [6.07, 6.45) is 1.01. The van der Waals surface area contributed by atoms with Crippen LogP contribution in [0.5, 0.6) is 5.75 Å². The summed E-state index contributed by atoms with van der Waals surface area (Å²) in [4.78, 5) is 11.7. The summed E-state index contributed by atoms with van der Waals surface area (Å²) in [5.74, 6) is 0.387. The highest BCUT2D eigenvalue weighted by molar-refractivity contribution is 5.75. The Morgan fingerprint density at radius 1 is 1.28 bits per heavy atom. The lowest BCUT2D eigenvalue weighted by atomic mass is 10.2. The predicted molar refractivity (Wildman–Crippen MR) is 71.9 cm³/mol. The number of hydrogen-bond acceptors (Lipinski definition) is 4. The first-order valence-electron chi connectivity index (χ1n) is 6.32. The van der Waals surface area contributed by atoms with Gasteiger partial charge in [0.2, 0.25) is 0 Å². The molecule has 1 N–H and O–H groups in total. The Labute approximate surface area is 108 Å². The summed E-state index contributed by atoms with van der Waals surface area (Å²) in [5, 5.41) is 3.03. The fourth-order valence-electron chi connectivity index (χ4n) is 1.59. The molecular formula is C14H21NO3. The number of rotatable bonds is 7. The Hall–Kier alpha value is -1.71.